The van der Waals surface area contributed by atoms with E-state index in [1.165, 1.54) is 44.9 Å². The van der Waals surface area contributed by atoms with E-state index in [-0.39, 0.29) is 5.60 Å². The molecule has 0 aromatic carbocycles. The van der Waals surface area contributed by atoms with Crippen molar-refractivity contribution in [2.45, 2.75) is 69.8 Å². The van der Waals surface area contributed by atoms with Crippen LogP contribution in [0.1, 0.15) is 64.2 Å². The Morgan fingerprint density at radius 1 is 1.12 bits per heavy atom. The van der Waals surface area contributed by atoms with Gasteiger partial charge in [0.2, 0.25) is 0 Å². The molecule has 3 aliphatic rings. The first-order valence-corrected chi connectivity index (χ1v) is 7.44. The van der Waals surface area contributed by atoms with Crippen LogP contribution in [0.15, 0.2) is 0 Å². The molecule has 2 heteroatoms. The van der Waals surface area contributed by atoms with Crippen LogP contribution in [0.2, 0.25) is 0 Å². The Kier molecular flexibility index (Phi) is 3.25. The molecule has 1 atom stereocenters. The van der Waals surface area contributed by atoms with Gasteiger partial charge < -0.3 is 4.74 Å². The number of hydrogen-bond acceptors (Lipinski definition) is 2. The molecular weight excluding hydrogens is 212 g/mol. The molecule has 1 heterocycles. The molecule has 3 rings (SSSR count). The molecule has 0 N–H and O–H groups in total. The summed E-state index contributed by atoms with van der Waals surface area (Å²) < 4.78 is 5.90. The van der Waals surface area contributed by atoms with Gasteiger partial charge in [-0.15, -0.1) is 0 Å². The summed E-state index contributed by atoms with van der Waals surface area (Å²) in [7, 11) is 0. The van der Waals surface area contributed by atoms with E-state index in [0.29, 0.717) is 17.6 Å². The zero-order valence-electron chi connectivity index (χ0n) is 10.7. The van der Waals surface area contributed by atoms with Crippen molar-refractivity contribution in [3.63, 3.8) is 0 Å². The Morgan fingerprint density at radius 2 is 1.88 bits per heavy atom. The third-order valence-corrected chi connectivity index (χ3v) is 5.18. The van der Waals surface area contributed by atoms with Gasteiger partial charge in [0.05, 0.1) is 5.60 Å². The monoisotopic (exact) mass is 236 g/mol. The van der Waals surface area contributed by atoms with E-state index in [4.69, 9.17) is 4.74 Å². The maximum Gasteiger partial charge on any atom is 0.136 e. The van der Waals surface area contributed by atoms with Crippen molar-refractivity contribution in [1.82, 2.24) is 0 Å². The van der Waals surface area contributed by atoms with E-state index in [0.717, 1.165) is 25.9 Å². The quantitative estimate of drug-likeness (QED) is 0.750. The Labute approximate surface area is 104 Å². The second-order valence-electron chi connectivity index (χ2n) is 6.40. The summed E-state index contributed by atoms with van der Waals surface area (Å²) in [5, 5.41) is 0. The SMILES string of the molecule is O=C(CC1CCCC1)C1CCOC2(CCC2)C1. The highest BCUT2D eigenvalue weighted by Gasteiger charge is 2.44. The number of ketones is 1. The van der Waals surface area contributed by atoms with Crippen molar-refractivity contribution in [3.8, 4) is 0 Å². The molecule has 1 unspecified atom stereocenters. The normalized spacial score (nSPS) is 32.6. The number of ether oxygens (including phenoxy) is 1. The van der Waals surface area contributed by atoms with E-state index in [9.17, 15) is 4.79 Å². The average Bonchev–Trinajstić information content (AvgIpc) is 2.80. The lowest BCUT2D eigenvalue weighted by atomic mass is 9.70. The average molecular weight is 236 g/mol. The Morgan fingerprint density at radius 3 is 2.53 bits per heavy atom. The van der Waals surface area contributed by atoms with Crippen molar-refractivity contribution in [1.29, 1.82) is 0 Å². The van der Waals surface area contributed by atoms with E-state index in [2.05, 4.69) is 0 Å². The fraction of sp³-hybridized carbons (Fsp3) is 0.933. The first-order chi connectivity index (χ1) is 8.27. The number of carbonyl (C=O) groups excluding carboxylic acids is 1. The second kappa shape index (κ2) is 4.72. The smallest absolute Gasteiger partial charge is 0.136 e. The first kappa shape index (κ1) is 11.7. The number of carbonyl (C=O) groups is 1. The van der Waals surface area contributed by atoms with E-state index in [1.807, 2.05) is 0 Å². The zero-order chi connectivity index (χ0) is 11.7. The Hall–Kier alpha value is -0.370. The summed E-state index contributed by atoms with van der Waals surface area (Å²) in [6.45, 7) is 0.821. The minimum absolute atomic E-state index is 0.133. The molecule has 1 aliphatic heterocycles. The van der Waals surface area contributed by atoms with Crippen LogP contribution in [0, 0.1) is 11.8 Å². The molecule has 2 saturated carbocycles. The largest absolute Gasteiger partial charge is 0.375 e. The Bertz CT molecular complexity index is 287. The van der Waals surface area contributed by atoms with Gasteiger partial charge >= 0.3 is 0 Å². The molecule has 17 heavy (non-hydrogen) atoms. The van der Waals surface area contributed by atoms with Crippen LogP contribution in [0.3, 0.4) is 0 Å². The molecular formula is C15H24O2. The molecule has 1 spiro atoms. The van der Waals surface area contributed by atoms with Crippen LogP contribution >= 0.6 is 0 Å². The highest BCUT2D eigenvalue weighted by Crippen LogP contribution is 2.45. The minimum atomic E-state index is 0.133. The molecule has 0 amide bonds. The molecule has 0 aromatic rings. The van der Waals surface area contributed by atoms with E-state index < -0.39 is 0 Å². The van der Waals surface area contributed by atoms with Crippen LogP contribution in [-0.4, -0.2) is 18.0 Å². The fourth-order valence-electron chi connectivity index (χ4n) is 3.89. The molecule has 0 radical (unpaired) electrons. The molecule has 2 aliphatic carbocycles. The van der Waals surface area contributed by atoms with Crippen LogP contribution in [0.25, 0.3) is 0 Å². The maximum atomic E-state index is 12.3. The third-order valence-electron chi connectivity index (χ3n) is 5.18. The van der Waals surface area contributed by atoms with Gasteiger partial charge in [-0.3, -0.25) is 4.79 Å². The molecule has 2 nitrogen and oxygen atoms in total. The summed E-state index contributed by atoms with van der Waals surface area (Å²) in [4.78, 5) is 12.3. The van der Waals surface area contributed by atoms with Gasteiger partial charge in [-0.05, 0) is 38.0 Å². The van der Waals surface area contributed by atoms with E-state index in [1.54, 1.807) is 0 Å². The molecule has 1 saturated heterocycles. The van der Waals surface area contributed by atoms with Crippen molar-refractivity contribution in [2.24, 2.45) is 11.8 Å². The molecule has 0 bridgehead atoms. The van der Waals surface area contributed by atoms with Gasteiger partial charge in [0.1, 0.15) is 5.78 Å². The van der Waals surface area contributed by atoms with Crippen LogP contribution in [0.4, 0.5) is 0 Å². The lowest BCUT2D eigenvalue weighted by molar-refractivity contribution is -0.156. The summed E-state index contributed by atoms with van der Waals surface area (Å²) in [6.07, 6.45) is 11.8. The third kappa shape index (κ3) is 2.42. The summed E-state index contributed by atoms with van der Waals surface area (Å²) in [5.41, 5.74) is 0.133. The number of Topliss-reactive ketones (excluding diaryl/α,β-unsaturated/α-hetero) is 1. The van der Waals surface area contributed by atoms with Crippen molar-refractivity contribution in [2.75, 3.05) is 6.61 Å². The Balaban J connectivity index is 1.53. The van der Waals surface area contributed by atoms with Crippen LogP contribution in [0.5, 0.6) is 0 Å². The molecule has 96 valence electrons. The summed E-state index contributed by atoms with van der Waals surface area (Å²) in [6, 6.07) is 0. The van der Waals surface area contributed by atoms with Crippen LogP contribution < -0.4 is 0 Å². The zero-order valence-corrected chi connectivity index (χ0v) is 10.7. The topological polar surface area (TPSA) is 26.3 Å². The van der Waals surface area contributed by atoms with Crippen LogP contribution in [-0.2, 0) is 9.53 Å². The number of hydrogen-bond donors (Lipinski definition) is 0. The number of rotatable bonds is 3. The predicted molar refractivity (Wildman–Crippen MR) is 66.8 cm³/mol. The van der Waals surface area contributed by atoms with Gasteiger partial charge in [-0.1, -0.05) is 25.7 Å². The van der Waals surface area contributed by atoms with Gasteiger partial charge in [0.25, 0.3) is 0 Å². The molecule has 3 fully saturated rings. The lowest BCUT2D eigenvalue weighted by Crippen LogP contribution is -2.47. The predicted octanol–water partition coefficient (Wildman–Crippen LogP) is 3.49. The van der Waals surface area contributed by atoms with Crippen molar-refractivity contribution in [3.05, 3.63) is 0 Å². The van der Waals surface area contributed by atoms with Gasteiger partial charge in [-0.25, -0.2) is 0 Å². The summed E-state index contributed by atoms with van der Waals surface area (Å²) >= 11 is 0. The molecule has 0 aromatic heterocycles. The first-order valence-electron chi connectivity index (χ1n) is 7.44. The standard InChI is InChI=1S/C15H24O2/c16-14(10-12-4-1-2-5-12)13-6-9-17-15(11-13)7-3-8-15/h12-13H,1-11H2. The lowest BCUT2D eigenvalue weighted by Gasteiger charge is -2.47. The minimum Gasteiger partial charge on any atom is -0.375 e. The van der Waals surface area contributed by atoms with E-state index >= 15 is 0 Å². The van der Waals surface area contributed by atoms with Gasteiger partial charge in [0.15, 0.2) is 0 Å². The fourth-order valence-corrected chi connectivity index (χ4v) is 3.89. The second-order valence-corrected chi connectivity index (χ2v) is 6.40. The summed E-state index contributed by atoms with van der Waals surface area (Å²) in [5.74, 6) is 1.58. The maximum absolute atomic E-state index is 12.3. The highest BCUT2D eigenvalue weighted by atomic mass is 16.5. The van der Waals surface area contributed by atoms with Crippen molar-refractivity contribution < 1.29 is 9.53 Å². The highest BCUT2D eigenvalue weighted by molar-refractivity contribution is 5.81. The van der Waals surface area contributed by atoms with Crippen molar-refractivity contribution >= 4 is 5.78 Å². The van der Waals surface area contributed by atoms with Gasteiger partial charge in [0, 0.05) is 18.9 Å². The van der Waals surface area contributed by atoms with Gasteiger partial charge in [-0.2, -0.15) is 0 Å².